The van der Waals surface area contributed by atoms with Crippen molar-refractivity contribution in [1.82, 2.24) is 15.0 Å². The molecule has 5 heteroatoms. The summed E-state index contributed by atoms with van der Waals surface area (Å²) in [7, 11) is 0. The highest BCUT2D eigenvalue weighted by Crippen LogP contribution is 2.26. The van der Waals surface area contributed by atoms with E-state index in [0.29, 0.717) is 28.5 Å². The summed E-state index contributed by atoms with van der Waals surface area (Å²) in [4.78, 5) is 12.6. The number of nitrogen functional groups attached to an aromatic ring is 1. The van der Waals surface area contributed by atoms with Crippen LogP contribution in [0.4, 0.5) is 5.82 Å². The summed E-state index contributed by atoms with van der Waals surface area (Å²) in [5, 5.41) is 0. The number of hydrogen-bond donors (Lipinski definition) is 1. The molecule has 0 bridgehead atoms. The highest BCUT2D eigenvalue weighted by Gasteiger charge is 2.10. The second-order valence-corrected chi connectivity index (χ2v) is 4.06. The number of pyridine rings is 1. The standard InChI is InChI=1S/C15H10N4O/c1-2-10-7-17-12(14-4-3-5-20-14)6-11(10)13-8-19-15(16)9-18-13/h1,3-9H,(H2,16,19). The molecule has 20 heavy (non-hydrogen) atoms. The van der Waals surface area contributed by atoms with Gasteiger partial charge in [0, 0.05) is 11.8 Å². The third-order valence-electron chi connectivity index (χ3n) is 2.78. The Morgan fingerprint density at radius 1 is 1.10 bits per heavy atom. The number of anilines is 1. The van der Waals surface area contributed by atoms with E-state index in [1.807, 2.05) is 12.1 Å². The molecule has 0 spiro atoms. The molecule has 0 aromatic carbocycles. The summed E-state index contributed by atoms with van der Waals surface area (Å²) in [5.74, 6) is 3.61. The Morgan fingerprint density at radius 3 is 2.60 bits per heavy atom. The molecular formula is C15H10N4O. The van der Waals surface area contributed by atoms with Gasteiger partial charge >= 0.3 is 0 Å². The van der Waals surface area contributed by atoms with Gasteiger partial charge in [0.25, 0.3) is 0 Å². The van der Waals surface area contributed by atoms with Gasteiger partial charge in [-0.2, -0.15) is 0 Å². The van der Waals surface area contributed by atoms with Crippen LogP contribution < -0.4 is 5.73 Å². The van der Waals surface area contributed by atoms with Gasteiger partial charge in [-0.25, -0.2) is 4.98 Å². The monoisotopic (exact) mass is 262 g/mol. The molecule has 96 valence electrons. The lowest BCUT2D eigenvalue weighted by atomic mass is 10.1. The molecule has 3 rings (SSSR count). The lowest BCUT2D eigenvalue weighted by Crippen LogP contribution is -1.95. The topological polar surface area (TPSA) is 77.8 Å². The molecule has 0 aliphatic rings. The molecule has 0 fully saturated rings. The normalized spacial score (nSPS) is 10.2. The minimum atomic E-state index is 0.358. The van der Waals surface area contributed by atoms with E-state index in [9.17, 15) is 0 Å². The molecule has 0 saturated heterocycles. The summed E-state index contributed by atoms with van der Waals surface area (Å²) in [6, 6.07) is 5.46. The number of hydrogen-bond acceptors (Lipinski definition) is 5. The molecule has 0 aliphatic heterocycles. The Kier molecular flexibility index (Phi) is 2.90. The van der Waals surface area contributed by atoms with Crippen LogP contribution in [0.3, 0.4) is 0 Å². The van der Waals surface area contributed by atoms with Gasteiger partial charge in [-0.15, -0.1) is 6.42 Å². The van der Waals surface area contributed by atoms with Gasteiger partial charge in [-0.1, -0.05) is 5.92 Å². The molecule has 0 atom stereocenters. The predicted octanol–water partition coefficient (Wildman–Crippen LogP) is 2.36. The number of rotatable bonds is 2. The fourth-order valence-electron chi connectivity index (χ4n) is 1.82. The van der Waals surface area contributed by atoms with Gasteiger partial charge in [0.2, 0.25) is 0 Å². The molecule has 0 radical (unpaired) electrons. The summed E-state index contributed by atoms with van der Waals surface area (Å²) in [5.41, 5.74) is 8.27. The minimum Gasteiger partial charge on any atom is -0.463 e. The van der Waals surface area contributed by atoms with Crippen LogP contribution in [0, 0.1) is 12.3 Å². The van der Waals surface area contributed by atoms with Crippen LogP contribution in [0.1, 0.15) is 5.56 Å². The van der Waals surface area contributed by atoms with E-state index in [4.69, 9.17) is 16.6 Å². The SMILES string of the molecule is C#Cc1cnc(-c2ccco2)cc1-c1cnc(N)cn1. The maximum absolute atomic E-state index is 5.54. The second-order valence-electron chi connectivity index (χ2n) is 4.06. The van der Waals surface area contributed by atoms with Gasteiger partial charge in [-0.3, -0.25) is 9.97 Å². The van der Waals surface area contributed by atoms with Crippen molar-refractivity contribution in [2.24, 2.45) is 0 Å². The average molecular weight is 262 g/mol. The third kappa shape index (κ3) is 2.10. The number of terminal acetylenes is 1. The van der Waals surface area contributed by atoms with Crippen molar-refractivity contribution in [2.75, 3.05) is 5.73 Å². The van der Waals surface area contributed by atoms with Crippen molar-refractivity contribution in [3.8, 4) is 35.1 Å². The van der Waals surface area contributed by atoms with Gasteiger partial charge in [-0.05, 0) is 18.2 Å². The van der Waals surface area contributed by atoms with E-state index in [2.05, 4.69) is 20.9 Å². The molecule has 0 aliphatic carbocycles. The first-order chi connectivity index (χ1) is 9.78. The highest BCUT2D eigenvalue weighted by atomic mass is 16.3. The molecule has 2 N–H and O–H groups in total. The van der Waals surface area contributed by atoms with Crippen molar-refractivity contribution in [2.45, 2.75) is 0 Å². The minimum absolute atomic E-state index is 0.358. The van der Waals surface area contributed by atoms with Crippen LogP contribution in [-0.4, -0.2) is 15.0 Å². The first-order valence-electron chi connectivity index (χ1n) is 5.86. The van der Waals surface area contributed by atoms with Crippen LogP contribution >= 0.6 is 0 Å². The van der Waals surface area contributed by atoms with Crippen LogP contribution in [-0.2, 0) is 0 Å². The lowest BCUT2D eigenvalue weighted by molar-refractivity contribution is 0.580. The smallest absolute Gasteiger partial charge is 0.152 e. The van der Waals surface area contributed by atoms with E-state index in [1.54, 1.807) is 24.7 Å². The number of aromatic nitrogens is 3. The molecule has 3 aromatic heterocycles. The Labute approximate surface area is 115 Å². The van der Waals surface area contributed by atoms with Crippen LogP contribution in [0.5, 0.6) is 0 Å². The molecular weight excluding hydrogens is 252 g/mol. The maximum Gasteiger partial charge on any atom is 0.152 e. The summed E-state index contributed by atoms with van der Waals surface area (Å²) in [6.45, 7) is 0. The first kappa shape index (κ1) is 11.9. The number of nitrogens with two attached hydrogens (primary N) is 1. The average Bonchev–Trinajstić information content (AvgIpc) is 3.02. The lowest BCUT2D eigenvalue weighted by Gasteiger charge is -2.06. The molecule has 5 nitrogen and oxygen atoms in total. The summed E-state index contributed by atoms with van der Waals surface area (Å²) in [6.07, 6.45) is 11.8. The Bertz CT molecular complexity index is 771. The van der Waals surface area contributed by atoms with Gasteiger partial charge in [0.05, 0.1) is 29.9 Å². The van der Waals surface area contributed by atoms with Gasteiger partial charge < -0.3 is 10.2 Å². The van der Waals surface area contributed by atoms with E-state index in [1.165, 1.54) is 6.20 Å². The Balaban J connectivity index is 2.15. The van der Waals surface area contributed by atoms with Gasteiger partial charge in [0.1, 0.15) is 11.5 Å². The van der Waals surface area contributed by atoms with Crippen molar-refractivity contribution < 1.29 is 4.42 Å². The van der Waals surface area contributed by atoms with E-state index in [-0.39, 0.29) is 0 Å². The zero-order chi connectivity index (χ0) is 13.9. The van der Waals surface area contributed by atoms with Crippen LogP contribution in [0.25, 0.3) is 22.7 Å². The highest BCUT2D eigenvalue weighted by molar-refractivity contribution is 5.71. The fourth-order valence-corrected chi connectivity index (χ4v) is 1.82. The van der Waals surface area contributed by atoms with Crippen molar-refractivity contribution in [1.29, 1.82) is 0 Å². The van der Waals surface area contributed by atoms with Crippen LogP contribution in [0.15, 0.2) is 47.5 Å². The molecule has 0 unspecified atom stereocenters. The zero-order valence-electron chi connectivity index (χ0n) is 10.4. The van der Waals surface area contributed by atoms with Crippen molar-refractivity contribution >= 4 is 5.82 Å². The second kappa shape index (κ2) is 4.86. The first-order valence-corrected chi connectivity index (χ1v) is 5.86. The predicted molar refractivity (Wildman–Crippen MR) is 75.3 cm³/mol. The quantitative estimate of drug-likeness (QED) is 0.717. The molecule has 3 aromatic rings. The Hall–Kier alpha value is -3.13. The Morgan fingerprint density at radius 2 is 1.95 bits per heavy atom. The largest absolute Gasteiger partial charge is 0.463 e. The van der Waals surface area contributed by atoms with Crippen molar-refractivity contribution in [3.63, 3.8) is 0 Å². The van der Waals surface area contributed by atoms with E-state index in [0.717, 1.165) is 5.56 Å². The fraction of sp³-hybridized carbons (Fsp3) is 0. The third-order valence-corrected chi connectivity index (χ3v) is 2.78. The summed E-state index contributed by atoms with van der Waals surface area (Å²) < 4.78 is 5.33. The number of furan rings is 1. The molecule has 0 amide bonds. The van der Waals surface area contributed by atoms with E-state index < -0.39 is 0 Å². The zero-order valence-corrected chi connectivity index (χ0v) is 10.4. The molecule has 0 saturated carbocycles. The maximum atomic E-state index is 5.54. The van der Waals surface area contributed by atoms with Crippen molar-refractivity contribution in [3.05, 3.63) is 48.6 Å². The molecule has 3 heterocycles. The van der Waals surface area contributed by atoms with E-state index >= 15 is 0 Å². The number of nitrogens with zero attached hydrogens (tertiary/aromatic N) is 3. The van der Waals surface area contributed by atoms with Crippen LogP contribution in [0.2, 0.25) is 0 Å². The summed E-state index contributed by atoms with van der Waals surface area (Å²) >= 11 is 0. The van der Waals surface area contributed by atoms with Gasteiger partial charge in [0.15, 0.2) is 5.76 Å².